The van der Waals surface area contributed by atoms with Crippen molar-refractivity contribution in [1.29, 1.82) is 0 Å². The molecule has 0 spiro atoms. The number of carbonyl (C=O) groups is 1. The van der Waals surface area contributed by atoms with Crippen molar-refractivity contribution in [3.8, 4) is 0 Å². The third-order valence-electron chi connectivity index (χ3n) is 1.50. The molecule has 0 saturated carbocycles. The Bertz CT molecular complexity index is 298. The number of hydrogen-bond donors (Lipinski definition) is 2. The van der Waals surface area contributed by atoms with Crippen LogP contribution in [0.1, 0.15) is 22.4 Å². The fourth-order valence-electron chi connectivity index (χ4n) is 0.811. The second kappa shape index (κ2) is 4.34. The molecule has 2 N–H and O–H groups in total. The number of nitrogens with zero attached hydrogens (tertiary/aromatic N) is 1. The SMILES string of the molecule is Cc1nc(C(=O)N[C@H](C)CO)cs1. The molecular weight excluding hydrogens is 188 g/mol. The highest BCUT2D eigenvalue weighted by Crippen LogP contribution is 2.07. The molecular formula is C8H12N2O2S. The van der Waals surface area contributed by atoms with Crippen LogP contribution in [0.5, 0.6) is 0 Å². The van der Waals surface area contributed by atoms with Gasteiger partial charge in [0.25, 0.3) is 5.91 Å². The molecule has 0 saturated heterocycles. The summed E-state index contributed by atoms with van der Waals surface area (Å²) in [5, 5.41) is 13.9. The molecule has 1 aromatic heterocycles. The monoisotopic (exact) mass is 200 g/mol. The number of thiazole rings is 1. The lowest BCUT2D eigenvalue weighted by Gasteiger charge is -2.08. The lowest BCUT2D eigenvalue weighted by Crippen LogP contribution is -2.35. The van der Waals surface area contributed by atoms with Gasteiger partial charge in [0.1, 0.15) is 5.69 Å². The number of aliphatic hydroxyl groups excluding tert-OH is 1. The van der Waals surface area contributed by atoms with Gasteiger partial charge in [-0.2, -0.15) is 0 Å². The number of aryl methyl sites for hydroxylation is 1. The van der Waals surface area contributed by atoms with Crippen LogP contribution >= 0.6 is 11.3 Å². The van der Waals surface area contributed by atoms with Gasteiger partial charge < -0.3 is 10.4 Å². The minimum absolute atomic E-state index is 0.0607. The summed E-state index contributed by atoms with van der Waals surface area (Å²) in [7, 11) is 0. The van der Waals surface area contributed by atoms with Crippen LogP contribution in [0.15, 0.2) is 5.38 Å². The van der Waals surface area contributed by atoms with E-state index >= 15 is 0 Å². The Morgan fingerprint density at radius 3 is 3.00 bits per heavy atom. The van der Waals surface area contributed by atoms with E-state index in [1.54, 1.807) is 12.3 Å². The molecule has 1 atom stereocenters. The highest BCUT2D eigenvalue weighted by Gasteiger charge is 2.11. The molecule has 0 unspecified atom stereocenters. The number of aliphatic hydroxyl groups is 1. The molecule has 1 heterocycles. The molecule has 0 aromatic carbocycles. The standard InChI is InChI=1S/C8H12N2O2S/c1-5(3-11)9-8(12)7-4-13-6(2)10-7/h4-5,11H,3H2,1-2H3,(H,9,12)/t5-/m1/s1. The molecule has 0 radical (unpaired) electrons. The summed E-state index contributed by atoms with van der Waals surface area (Å²) < 4.78 is 0. The highest BCUT2D eigenvalue weighted by atomic mass is 32.1. The topological polar surface area (TPSA) is 62.2 Å². The lowest BCUT2D eigenvalue weighted by molar-refractivity contribution is 0.0918. The van der Waals surface area contributed by atoms with Crippen LogP contribution in [0.3, 0.4) is 0 Å². The number of rotatable bonds is 3. The third-order valence-corrected chi connectivity index (χ3v) is 2.28. The first-order valence-electron chi connectivity index (χ1n) is 3.97. The van der Waals surface area contributed by atoms with Crippen LogP contribution in [0.4, 0.5) is 0 Å². The van der Waals surface area contributed by atoms with Gasteiger partial charge in [-0.25, -0.2) is 4.98 Å². The highest BCUT2D eigenvalue weighted by molar-refractivity contribution is 7.09. The maximum atomic E-state index is 11.3. The number of carbonyl (C=O) groups excluding carboxylic acids is 1. The quantitative estimate of drug-likeness (QED) is 0.749. The molecule has 5 heteroatoms. The van der Waals surface area contributed by atoms with E-state index in [9.17, 15) is 4.79 Å². The summed E-state index contributed by atoms with van der Waals surface area (Å²) >= 11 is 1.43. The average Bonchev–Trinajstić information content (AvgIpc) is 2.51. The predicted molar refractivity (Wildman–Crippen MR) is 50.9 cm³/mol. The van der Waals surface area contributed by atoms with E-state index in [4.69, 9.17) is 5.11 Å². The molecule has 0 aliphatic carbocycles. The fraction of sp³-hybridized carbons (Fsp3) is 0.500. The van der Waals surface area contributed by atoms with Crippen LogP contribution in [-0.4, -0.2) is 28.6 Å². The van der Waals surface area contributed by atoms with E-state index in [0.29, 0.717) is 5.69 Å². The van der Waals surface area contributed by atoms with Crippen molar-refractivity contribution in [1.82, 2.24) is 10.3 Å². The van der Waals surface area contributed by atoms with Crippen LogP contribution in [0.25, 0.3) is 0 Å². The number of aromatic nitrogens is 1. The van der Waals surface area contributed by atoms with Gasteiger partial charge in [0.05, 0.1) is 11.6 Å². The van der Waals surface area contributed by atoms with E-state index < -0.39 is 0 Å². The van der Waals surface area contributed by atoms with Crippen LogP contribution < -0.4 is 5.32 Å². The van der Waals surface area contributed by atoms with Gasteiger partial charge in [0.15, 0.2) is 0 Å². The van der Waals surface area contributed by atoms with Crippen molar-refractivity contribution in [3.05, 3.63) is 16.1 Å². The summed E-state index contributed by atoms with van der Waals surface area (Å²) in [4.78, 5) is 15.4. The maximum Gasteiger partial charge on any atom is 0.271 e. The van der Waals surface area contributed by atoms with E-state index in [2.05, 4.69) is 10.3 Å². The van der Waals surface area contributed by atoms with Gasteiger partial charge in [0, 0.05) is 11.4 Å². The molecule has 1 amide bonds. The molecule has 0 aliphatic rings. The summed E-state index contributed by atoms with van der Waals surface area (Å²) in [6.07, 6.45) is 0. The zero-order valence-corrected chi connectivity index (χ0v) is 8.39. The van der Waals surface area contributed by atoms with Crippen LogP contribution in [0.2, 0.25) is 0 Å². The minimum atomic E-state index is -0.231. The first-order chi connectivity index (χ1) is 6.13. The Morgan fingerprint density at radius 2 is 2.54 bits per heavy atom. The first kappa shape index (κ1) is 10.1. The Kier molecular flexibility index (Phi) is 3.39. The third kappa shape index (κ3) is 2.78. The van der Waals surface area contributed by atoms with Crippen molar-refractivity contribution < 1.29 is 9.90 Å². The minimum Gasteiger partial charge on any atom is -0.394 e. The first-order valence-corrected chi connectivity index (χ1v) is 4.85. The van der Waals surface area contributed by atoms with Crippen LogP contribution in [0, 0.1) is 6.92 Å². The number of amides is 1. The molecule has 72 valence electrons. The van der Waals surface area contributed by atoms with Gasteiger partial charge in [-0.1, -0.05) is 0 Å². The van der Waals surface area contributed by atoms with Crippen molar-refractivity contribution in [3.63, 3.8) is 0 Å². The Hall–Kier alpha value is -0.940. The molecule has 4 nitrogen and oxygen atoms in total. The zero-order valence-electron chi connectivity index (χ0n) is 7.57. The average molecular weight is 200 g/mol. The number of hydrogen-bond acceptors (Lipinski definition) is 4. The normalized spacial score (nSPS) is 12.5. The van der Waals surface area contributed by atoms with Gasteiger partial charge in [-0.3, -0.25) is 4.79 Å². The zero-order chi connectivity index (χ0) is 9.84. The van der Waals surface area contributed by atoms with Crippen LogP contribution in [-0.2, 0) is 0 Å². The smallest absolute Gasteiger partial charge is 0.271 e. The Balaban J connectivity index is 2.58. The fourth-order valence-corrected chi connectivity index (χ4v) is 1.40. The molecule has 1 aromatic rings. The van der Waals surface area contributed by atoms with E-state index in [1.165, 1.54) is 11.3 Å². The molecule has 13 heavy (non-hydrogen) atoms. The van der Waals surface area contributed by atoms with E-state index in [1.807, 2.05) is 6.92 Å². The largest absolute Gasteiger partial charge is 0.394 e. The Labute approximate surface area is 80.6 Å². The molecule has 0 fully saturated rings. The lowest BCUT2D eigenvalue weighted by atomic mass is 10.3. The summed E-state index contributed by atoms with van der Waals surface area (Å²) in [5.41, 5.74) is 0.419. The van der Waals surface area contributed by atoms with E-state index in [0.717, 1.165) is 5.01 Å². The van der Waals surface area contributed by atoms with Crippen molar-refractivity contribution in [2.75, 3.05) is 6.61 Å². The van der Waals surface area contributed by atoms with Gasteiger partial charge in [-0.05, 0) is 13.8 Å². The van der Waals surface area contributed by atoms with E-state index in [-0.39, 0.29) is 18.6 Å². The summed E-state index contributed by atoms with van der Waals surface area (Å²) in [5.74, 6) is -0.231. The second-order valence-corrected chi connectivity index (χ2v) is 3.87. The summed E-state index contributed by atoms with van der Waals surface area (Å²) in [6.45, 7) is 3.52. The Morgan fingerprint density at radius 1 is 1.85 bits per heavy atom. The van der Waals surface area contributed by atoms with Crippen molar-refractivity contribution in [2.45, 2.75) is 19.9 Å². The number of nitrogens with one attached hydrogen (secondary N) is 1. The van der Waals surface area contributed by atoms with Gasteiger partial charge >= 0.3 is 0 Å². The molecule has 1 rings (SSSR count). The van der Waals surface area contributed by atoms with Crippen molar-refractivity contribution >= 4 is 17.2 Å². The maximum absolute atomic E-state index is 11.3. The van der Waals surface area contributed by atoms with Crippen molar-refractivity contribution in [2.24, 2.45) is 0 Å². The molecule has 0 aliphatic heterocycles. The second-order valence-electron chi connectivity index (χ2n) is 2.81. The molecule has 0 bridgehead atoms. The van der Waals surface area contributed by atoms with Gasteiger partial charge in [0.2, 0.25) is 0 Å². The van der Waals surface area contributed by atoms with Gasteiger partial charge in [-0.15, -0.1) is 11.3 Å². The predicted octanol–water partition coefficient (Wildman–Crippen LogP) is 0.562. The summed E-state index contributed by atoms with van der Waals surface area (Å²) in [6, 6.07) is -0.227.